The lowest BCUT2D eigenvalue weighted by Gasteiger charge is -2.18. The molecule has 0 spiro atoms. The second-order valence-electron chi connectivity index (χ2n) is 6.35. The molecule has 0 unspecified atom stereocenters. The average molecular weight is 419 g/mol. The molecule has 0 saturated carbocycles. The Labute approximate surface area is 149 Å². The van der Waals surface area contributed by atoms with Crippen molar-refractivity contribution in [1.82, 2.24) is 4.72 Å². The molecule has 0 saturated heterocycles. The minimum absolute atomic E-state index is 0.126. The third-order valence-electron chi connectivity index (χ3n) is 3.54. The Hall–Kier alpha value is -1.45. The van der Waals surface area contributed by atoms with E-state index in [-0.39, 0.29) is 17.2 Å². The Morgan fingerprint density at radius 2 is 2.00 bits per heavy atom. The fourth-order valence-electron chi connectivity index (χ4n) is 2.55. The number of benzene rings is 1. The highest BCUT2D eigenvalue weighted by atomic mass is 79.9. The summed E-state index contributed by atoms with van der Waals surface area (Å²) in [5.74, 6) is -0.983. The highest BCUT2D eigenvalue weighted by Crippen LogP contribution is 2.35. The lowest BCUT2D eigenvalue weighted by molar-refractivity contribution is -0.123. The van der Waals surface area contributed by atoms with Crippen LogP contribution in [0, 0.1) is 0 Å². The Kier molecular flexibility index (Phi) is 5.08. The van der Waals surface area contributed by atoms with Crippen molar-refractivity contribution in [1.29, 1.82) is 0 Å². The molecular formula is C15H19BrN2O5S. The molecule has 0 aliphatic carbocycles. The number of anilines is 1. The summed E-state index contributed by atoms with van der Waals surface area (Å²) in [5, 5.41) is 9.62. The van der Waals surface area contributed by atoms with E-state index >= 15 is 0 Å². The summed E-state index contributed by atoms with van der Waals surface area (Å²) in [6, 6.07) is 3.03. The predicted molar refractivity (Wildman–Crippen MR) is 92.1 cm³/mol. The van der Waals surface area contributed by atoms with E-state index in [1.807, 2.05) is 4.72 Å². The molecule has 9 heteroatoms. The number of amides is 2. The van der Waals surface area contributed by atoms with E-state index in [0.717, 1.165) is 5.56 Å². The summed E-state index contributed by atoms with van der Waals surface area (Å²) in [5.41, 5.74) is 0.0695. The molecule has 7 nitrogen and oxygen atoms in total. The zero-order valence-corrected chi connectivity index (χ0v) is 16.0. The monoisotopic (exact) mass is 418 g/mol. The minimum Gasteiger partial charge on any atom is -0.390 e. The molecule has 0 fully saturated rings. The summed E-state index contributed by atoms with van der Waals surface area (Å²) in [6.07, 6.45) is 0.285. The predicted octanol–water partition coefficient (Wildman–Crippen LogP) is 1.32. The summed E-state index contributed by atoms with van der Waals surface area (Å²) in [4.78, 5) is 24.9. The molecule has 1 aromatic carbocycles. The molecule has 0 radical (unpaired) electrons. The lowest BCUT2D eigenvalue weighted by atomic mass is 10.1. The van der Waals surface area contributed by atoms with Crippen LogP contribution < -0.4 is 9.62 Å². The molecule has 2 amide bonds. The van der Waals surface area contributed by atoms with Crippen molar-refractivity contribution in [3.63, 3.8) is 0 Å². The van der Waals surface area contributed by atoms with Gasteiger partial charge in [0.1, 0.15) is 4.90 Å². The van der Waals surface area contributed by atoms with Crippen LogP contribution in [0.4, 0.5) is 5.69 Å². The number of nitrogens with one attached hydrogen (secondary N) is 1. The van der Waals surface area contributed by atoms with Crippen LogP contribution >= 0.6 is 15.9 Å². The first kappa shape index (κ1) is 18.9. The van der Waals surface area contributed by atoms with Crippen LogP contribution in [0.3, 0.4) is 0 Å². The first-order valence-corrected chi connectivity index (χ1v) is 9.57. The maximum atomic E-state index is 12.5. The van der Waals surface area contributed by atoms with Gasteiger partial charge in [-0.2, -0.15) is 0 Å². The van der Waals surface area contributed by atoms with Crippen LogP contribution in [-0.2, 0) is 26.0 Å². The quantitative estimate of drug-likeness (QED) is 0.767. The normalized spacial score (nSPS) is 14.5. The molecule has 132 valence electrons. The van der Waals surface area contributed by atoms with Crippen molar-refractivity contribution >= 4 is 43.5 Å². The van der Waals surface area contributed by atoms with Crippen LogP contribution in [-0.4, -0.2) is 37.5 Å². The van der Waals surface area contributed by atoms with Crippen LogP contribution in [0.2, 0.25) is 0 Å². The molecule has 0 atom stereocenters. The first-order valence-electron chi connectivity index (χ1n) is 7.29. The second kappa shape index (κ2) is 6.45. The smallest absolute Gasteiger partial charge is 0.265 e. The summed E-state index contributed by atoms with van der Waals surface area (Å²) in [7, 11) is -4.13. The van der Waals surface area contributed by atoms with E-state index in [4.69, 9.17) is 0 Å². The summed E-state index contributed by atoms with van der Waals surface area (Å²) in [6.45, 7) is 4.73. The fourth-order valence-corrected chi connectivity index (χ4v) is 4.65. The van der Waals surface area contributed by atoms with E-state index in [1.54, 1.807) is 6.07 Å². The number of sulfonamides is 1. The van der Waals surface area contributed by atoms with E-state index in [2.05, 4.69) is 15.9 Å². The molecule has 24 heavy (non-hydrogen) atoms. The zero-order chi connectivity index (χ0) is 18.3. The van der Waals surface area contributed by atoms with Crippen molar-refractivity contribution in [2.45, 2.75) is 44.1 Å². The zero-order valence-electron chi connectivity index (χ0n) is 13.6. The van der Waals surface area contributed by atoms with Gasteiger partial charge in [0.25, 0.3) is 10.0 Å². The van der Waals surface area contributed by atoms with Crippen LogP contribution in [0.1, 0.15) is 32.8 Å². The van der Waals surface area contributed by atoms with Crippen LogP contribution in [0.15, 0.2) is 21.5 Å². The molecular weight excluding hydrogens is 400 g/mol. The van der Waals surface area contributed by atoms with Gasteiger partial charge in [0.2, 0.25) is 11.8 Å². The van der Waals surface area contributed by atoms with Gasteiger partial charge in [0.15, 0.2) is 0 Å². The van der Waals surface area contributed by atoms with Crippen LogP contribution in [0.25, 0.3) is 0 Å². The van der Waals surface area contributed by atoms with Gasteiger partial charge in [-0.15, -0.1) is 0 Å². The van der Waals surface area contributed by atoms with Crippen molar-refractivity contribution in [3.8, 4) is 0 Å². The van der Waals surface area contributed by atoms with Gasteiger partial charge in [0.05, 0.1) is 12.0 Å². The average Bonchev–Trinajstić information content (AvgIpc) is 2.76. The van der Waals surface area contributed by atoms with Gasteiger partial charge < -0.3 is 10.0 Å². The van der Waals surface area contributed by atoms with Crippen molar-refractivity contribution in [2.24, 2.45) is 0 Å². The van der Waals surface area contributed by atoms with Crippen molar-refractivity contribution < 1.29 is 23.1 Å². The van der Waals surface area contributed by atoms with E-state index in [1.165, 1.54) is 31.7 Å². The molecule has 1 aliphatic rings. The number of hydrogen-bond donors (Lipinski definition) is 2. The number of carbonyl (C=O) groups is 2. The molecule has 0 aromatic heterocycles. The minimum atomic E-state index is -4.13. The van der Waals surface area contributed by atoms with E-state index in [9.17, 15) is 23.1 Å². The van der Waals surface area contributed by atoms with Gasteiger partial charge >= 0.3 is 0 Å². The van der Waals surface area contributed by atoms with Gasteiger partial charge in [-0.3, -0.25) is 9.59 Å². The number of fused-ring (bicyclic) bond motifs is 1. The summed E-state index contributed by atoms with van der Waals surface area (Å²) < 4.78 is 27.2. The van der Waals surface area contributed by atoms with E-state index in [0.29, 0.717) is 23.1 Å². The second-order valence-corrected chi connectivity index (χ2v) is 8.86. The maximum absolute atomic E-state index is 12.5. The van der Waals surface area contributed by atoms with Crippen molar-refractivity contribution in [2.75, 3.05) is 11.4 Å². The molecule has 2 rings (SSSR count). The van der Waals surface area contributed by atoms with Crippen LogP contribution in [0.5, 0.6) is 0 Å². The van der Waals surface area contributed by atoms with Crippen molar-refractivity contribution in [3.05, 3.63) is 22.2 Å². The highest BCUT2D eigenvalue weighted by Gasteiger charge is 2.29. The maximum Gasteiger partial charge on any atom is 0.265 e. The largest absolute Gasteiger partial charge is 0.390 e. The van der Waals surface area contributed by atoms with Gasteiger partial charge in [0, 0.05) is 23.6 Å². The molecule has 1 heterocycles. The highest BCUT2D eigenvalue weighted by molar-refractivity contribution is 9.10. The number of rotatable bonds is 4. The topological polar surface area (TPSA) is 104 Å². The first-order chi connectivity index (χ1) is 10.9. The Morgan fingerprint density at radius 3 is 2.54 bits per heavy atom. The Morgan fingerprint density at radius 1 is 1.38 bits per heavy atom. The fraction of sp³-hybridized carbons (Fsp3) is 0.467. The molecule has 2 N–H and O–H groups in total. The SMILES string of the molecule is CC(=O)N1CCc2cc(Br)c(S(=O)(=O)NC(=O)CC(C)(C)O)cc21. The number of carbonyl (C=O) groups excluding carboxylic acids is 2. The number of halogens is 1. The lowest BCUT2D eigenvalue weighted by Crippen LogP contribution is -2.36. The molecule has 1 aromatic rings. The number of hydrogen-bond acceptors (Lipinski definition) is 5. The Bertz CT molecular complexity index is 799. The standard InChI is InChI=1S/C15H19BrN2O5S/c1-9(19)18-5-4-10-6-11(16)13(7-12(10)18)24(22,23)17-14(20)8-15(2,3)21/h6-7,21H,4-5,8H2,1-3H3,(H,17,20). The van der Waals surface area contributed by atoms with Gasteiger partial charge in [-0.1, -0.05) is 0 Å². The van der Waals surface area contributed by atoms with Gasteiger partial charge in [-0.25, -0.2) is 13.1 Å². The van der Waals surface area contributed by atoms with E-state index < -0.39 is 21.5 Å². The number of nitrogens with zero attached hydrogens (tertiary/aromatic N) is 1. The van der Waals surface area contributed by atoms with Gasteiger partial charge in [-0.05, 0) is 53.9 Å². The third-order valence-corrected chi connectivity index (χ3v) is 5.87. The molecule has 0 bridgehead atoms. The third kappa shape index (κ3) is 4.14. The number of aliphatic hydroxyl groups is 1. The molecule has 1 aliphatic heterocycles. The summed E-state index contributed by atoms with van der Waals surface area (Å²) >= 11 is 3.21. The Balaban J connectivity index is 2.36.